The number of ether oxygens (including phenoxy) is 1. The number of halogens is 3. The molecule has 162 valence electrons. The summed E-state index contributed by atoms with van der Waals surface area (Å²) in [5.74, 6) is -2.79. The first kappa shape index (κ1) is 21.6. The van der Waals surface area contributed by atoms with Gasteiger partial charge in [0.2, 0.25) is 0 Å². The van der Waals surface area contributed by atoms with Gasteiger partial charge in [0.25, 0.3) is 11.5 Å². The van der Waals surface area contributed by atoms with Crippen LogP contribution in [-0.4, -0.2) is 38.6 Å². The lowest BCUT2D eigenvalue weighted by Crippen LogP contribution is -2.33. The van der Waals surface area contributed by atoms with E-state index in [1.54, 1.807) is 0 Å². The lowest BCUT2D eigenvalue weighted by atomic mass is 10.1. The van der Waals surface area contributed by atoms with E-state index >= 15 is 0 Å². The molecule has 3 rings (SSSR count). The van der Waals surface area contributed by atoms with Crippen LogP contribution >= 0.6 is 0 Å². The van der Waals surface area contributed by atoms with Gasteiger partial charge in [-0.05, 0) is 18.2 Å². The van der Waals surface area contributed by atoms with E-state index in [0.717, 1.165) is 12.3 Å². The van der Waals surface area contributed by atoms with Gasteiger partial charge in [-0.2, -0.15) is 13.2 Å². The second-order valence-electron chi connectivity index (χ2n) is 6.30. The van der Waals surface area contributed by atoms with Crippen molar-refractivity contribution in [3.05, 3.63) is 63.7 Å². The average Bonchev–Trinajstić information content (AvgIpc) is 2.70. The number of aliphatic carboxylic acids is 1. The van der Waals surface area contributed by atoms with Crippen molar-refractivity contribution in [1.29, 1.82) is 0 Å². The molecule has 9 nitrogen and oxygen atoms in total. The largest absolute Gasteiger partial charge is 0.506 e. The van der Waals surface area contributed by atoms with Crippen molar-refractivity contribution in [2.24, 2.45) is 0 Å². The number of carbonyl (C=O) groups excluding carboxylic acids is 1. The third-order valence-electron chi connectivity index (χ3n) is 4.11. The predicted octanol–water partition coefficient (Wildman–Crippen LogP) is 2.04. The Balaban J connectivity index is 1.80. The fourth-order valence-corrected chi connectivity index (χ4v) is 2.65. The van der Waals surface area contributed by atoms with Crippen molar-refractivity contribution < 1.29 is 37.7 Å². The van der Waals surface area contributed by atoms with Crippen LogP contribution in [0.25, 0.3) is 10.9 Å². The van der Waals surface area contributed by atoms with Crippen LogP contribution in [-0.2, 0) is 17.6 Å². The van der Waals surface area contributed by atoms with E-state index in [-0.39, 0.29) is 23.3 Å². The number of benzene rings is 1. The van der Waals surface area contributed by atoms with Gasteiger partial charge in [0.15, 0.2) is 0 Å². The number of pyridine rings is 2. The number of hydrogen-bond donors (Lipinski definition) is 4. The number of nitrogens with zero attached hydrogens (tertiary/aromatic N) is 1. The maximum absolute atomic E-state index is 12.5. The Kier molecular flexibility index (Phi) is 5.81. The Morgan fingerprint density at radius 3 is 2.55 bits per heavy atom. The van der Waals surface area contributed by atoms with Gasteiger partial charge in [0, 0.05) is 23.2 Å². The molecule has 0 aliphatic carbocycles. The standard InChI is InChI=1S/C19H14F3N3O6/c20-19(21,22)13-4-1-9(6-23-13)8-31-10-2-3-11-12(5-10)25-18(30)15(16(11)28)17(29)24-7-14(26)27/h1-6H,7-8H2,(H,24,29)(H,26,27)(H2,25,28,30). The summed E-state index contributed by atoms with van der Waals surface area (Å²) in [5.41, 5.74) is -2.12. The molecule has 0 aliphatic rings. The van der Waals surface area contributed by atoms with Crippen molar-refractivity contribution in [2.45, 2.75) is 12.8 Å². The molecule has 3 aromatic rings. The number of aromatic amines is 1. The molecule has 0 saturated heterocycles. The van der Waals surface area contributed by atoms with Crippen molar-refractivity contribution >= 4 is 22.8 Å². The second kappa shape index (κ2) is 8.34. The van der Waals surface area contributed by atoms with E-state index in [1.165, 1.54) is 24.3 Å². The zero-order chi connectivity index (χ0) is 22.8. The Morgan fingerprint density at radius 1 is 1.19 bits per heavy atom. The summed E-state index contributed by atoms with van der Waals surface area (Å²) in [4.78, 5) is 40.4. The van der Waals surface area contributed by atoms with Gasteiger partial charge in [0.05, 0.1) is 5.52 Å². The van der Waals surface area contributed by atoms with Crippen LogP contribution in [0.3, 0.4) is 0 Å². The van der Waals surface area contributed by atoms with Gasteiger partial charge in [-0.25, -0.2) is 0 Å². The number of rotatable bonds is 6. The number of aromatic hydroxyl groups is 1. The molecule has 0 aliphatic heterocycles. The Hall–Kier alpha value is -4.09. The van der Waals surface area contributed by atoms with Crippen molar-refractivity contribution in [3.63, 3.8) is 0 Å². The number of nitrogens with one attached hydrogen (secondary N) is 2. The number of H-pyrrole nitrogens is 1. The van der Waals surface area contributed by atoms with Crippen LogP contribution in [0.4, 0.5) is 13.2 Å². The molecule has 1 amide bonds. The minimum absolute atomic E-state index is 0.101. The first-order chi connectivity index (χ1) is 14.6. The number of carboxylic acids is 1. The number of aromatic nitrogens is 2. The minimum Gasteiger partial charge on any atom is -0.506 e. The Labute approximate surface area is 171 Å². The number of carboxylic acid groups (broad SMARTS) is 1. The number of hydrogen-bond acceptors (Lipinski definition) is 6. The van der Waals surface area contributed by atoms with Crippen LogP contribution in [0.1, 0.15) is 21.6 Å². The van der Waals surface area contributed by atoms with E-state index in [2.05, 4.69) is 9.97 Å². The molecule has 0 unspecified atom stereocenters. The fourth-order valence-electron chi connectivity index (χ4n) is 2.65. The third-order valence-corrected chi connectivity index (χ3v) is 4.11. The van der Waals surface area contributed by atoms with Gasteiger partial charge in [0.1, 0.15) is 35.9 Å². The highest BCUT2D eigenvalue weighted by Crippen LogP contribution is 2.29. The van der Waals surface area contributed by atoms with Crippen LogP contribution in [0.15, 0.2) is 41.3 Å². The smallest absolute Gasteiger partial charge is 0.433 e. The van der Waals surface area contributed by atoms with E-state index in [1.807, 2.05) is 5.32 Å². The summed E-state index contributed by atoms with van der Waals surface area (Å²) < 4.78 is 43.1. The maximum Gasteiger partial charge on any atom is 0.433 e. The SMILES string of the molecule is O=C(O)CNC(=O)c1c(O)c2ccc(OCc3ccc(C(F)(F)F)nc3)cc2[nH]c1=O. The van der Waals surface area contributed by atoms with Gasteiger partial charge in [-0.3, -0.25) is 19.4 Å². The molecule has 0 spiro atoms. The van der Waals surface area contributed by atoms with Crippen molar-refractivity contribution in [3.8, 4) is 11.5 Å². The quantitative estimate of drug-likeness (QED) is 0.462. The Morgan fingerprint density at radius 2 is 1.94 bits per heavy atom. The van der Waals surface area contributed by atoms with Gasteiger partial charge in [-0.15, -0.1) is 0 Å². The zero-order valence-electron chi connectivity index (χ0n) is 15.5. The van der Waals surface area contributed by atoms with Crippen LogP contribution in [0.5, 0.6) is 11.5 Å². The lowest BCUT2D eigenvalue weighted by molar-refractivity contribution is -0.141. The number of fused-ring (bicyclic) bond motifs is 1. The molecular formula is C19H14F3N3O6. The average molecular weight is 437 g/mol. The summed E-state index contributed by atoms with van der Waals surface area (Å²) in [6.07, 6.45) is -3.52. The summed E-state index contributed by atoms with van der Waals surface area (Å²) in [6, 6.07) is 6.16. The molecule has 0 saturated carbocycles. The highest BCUT2D eigenvalue weighted by molar-refractivity contribution is 6.03. The predicted molar refractivity (Wildman–Crippen MR) is 99.8 cm³/mol. The second-order valence-corrected chi connectivity index (χ2v) is 6.30. The first-order valence-electron chi connectivity index (χ1n) is 8.60. The topological polar surface area (TPSA) is 142 Å². The summed E-state index contributed by atoms with van der Waals surface area (Å²) >= 11 is 0. The maximum atomic E-state index is 12.5. The van der Waals surface area contributed by atoms with E-state index < -0.39 is 47.2 Å². The number of carbonyl (C=O) groups is 2. The molecular weight excluding hydrogens is 423 g/mol. The van der Waals surface area contributed by atoms with Crippen molar-refractivity contribution in [2.75, 3.05) is 6.54 Å². The molecule has 2 aromatic heterocycles. The normalized spacial score (nSPS) is 11.3. The molecule has 0 bridgehead atoms. The number of amides is 1. The molecule has 2 heterocycles. The van der Waals surface area contributed by atoms with Crippen molar-refractivity contribution in [1.82, 2.24) is 15.3 Å². The highest BCUT2D eigenvalue weighted by atomic mass is 19.4. The molecule has 0 atom stereocenters. The van der Waals surface area contributed by atoms with Gasteiger partial charge < -0.3 is 25.3 Å². The fraction of sp³-hybridized carbons (Fsp3) is 0.158. The number of alkyl halides is 3. The minimum atomic E-state index is -4.55. The van der Waals surface area contributed by atoms with E-state index in [0.29, 0.717) is 5.56 Å². The van der Waals surface area contributed by atoms with E-state index in [9.17, 15) is 32.7 Å². The summed E-state index contributed by atoms with van der Waals surface area (Å²) in [6.45, 7) is -0.843. The molecule has 4 N–H and O–H groups in total. The molecule has 12 heteroatoms. The summed E-state index contributed by atoms with van der Waals surface area (Å²) in [5, 5.41) is 21.0. The molecule has 1 aromatic carbocycles. The van der Waals surface area contributed by atoms with Crippen LogP contribution < -0.4 is 15.6 Å². The molecule has 31 heavy (non-hydrogen) atoms. The molecule has 0 fully saturated rings. The third kappa shape index (κ3) is 4.91. The first-order valence-corrected chi connectivity index (χ1v) is 8.60. The van der Waals surface area contributed by atoms with Gasteiger partial charge in [-0.1, -0.05) is 6.07 Å². The Bertz CT molecular complexity index is 1210. The van der Waals surface area contributed by atoms with Gasteiger partial charge >= 0.3 is 12.1 Å². The monoisotopic (exact) mass is 437 g/mol. The van der Waals surface area contributed by atoms with Crippen LogP contribution in [0, 0.1) is 0 Å². The van der Waals surface area contributed by atoms with Crippen LogP contribution in [0.2, 0.25) is 0 Å². The lowest BCUT2D eigenvalue weighted by Gasteiger charge is -2.11. The van der Waals surface area contributed by atoms with E-state index in [4.69, 9.17) is 9.84 Å². The zero-order valence-corrected chi connectivity index (χ0v) is 15.5. The highest BCUT2D eigenvalue weighted by Gasteiger charge is 2.32. The summed E-state index contributed by atoms with van der Waals surface area (Å²) in [7, 11) is 0. The molecule has 0 radical (unpaired) electrons.